The third-order valence-corrected chi connectivity index (χ3v) is 3.95. The lowest BCUT2D eigenvalue weighted by atomic mass is 9.96. The first-order valence-electron chi connectivity index (χ1n) is 7.19. The van der Waals surface area contributed by atoms with Crippen molar-refractivity contribution in [3.8, 4) is 0 Å². The molecule has 0 amide bonds. The molecule has 1 aliphatic carbocycles. The van der Waals surface area contributed by atoms with Gasteiger partial charge in [0, 0.05) is 24.3 Å². The Morgan fingerprint density at radius 3 is 3.11 bits per heavy atom. The van der Waals surface area contributed by atoms with Crippen molar-refractivity contribution in [3.05, 3.63) is 17.0 Å². The first kappa shape index (κ1) is 12.7. The molecule has 0 bridgehead atoms. The molecular formula is C14H20N2O3. The first-order valence-corrected chi connectivity index (χ1v) is 7.19. The van der Waals surface area contributed by atoms with Crippen LogP contribution in [-0.4, -0.2) is 35.5 Å². The number of nitrogens with zero attached hydrogens (tertiary/aromatic N) is 1. The fourth-order valence-corrected chi connectivity index (χ4v) is 2.87. The number of hydrogen-bond acceptors (Lipinski definition) is 4. The van der Waals surface area contributed by atoms with E-state index >= 15 is 0 Å². The number of carbonyl (C=O) groups is 1. The lowest BCUT2D eigenvalue weighted by Crippen LogP contribution is -2.15. The fourth-order valence-electron chi connectivity index (χ4n) is 2.87. The van der Waals surface area contributed by atoms with Gasteiger partial charge in [-0.25, -0.2) is 4.79 Å². The van der Waals surface area contributed by atoms with Crippen molar-refractivity contribution < 1.29 is 14.3 Å². The Morgan fingerprint density at radius 1 is 1.37 bits per heavy atom. The molecule has 3 rings (SSSR count). The molecule has 0 aromatic carbocycles. The number of ether oxygens (including phenoxy) is 2. The van der Waals surface area contributed by atoms with E-state index < -0.39 is 0 Å². The van der Waals surface area contributed by atoms with Crippen LogP contribution in [0.4, 0.5) is 0 Å². The Labute approximate surface area is 112 Å². The lowest BCUT2D eigenvalue weighted by molar-refractivity contribution is 0.0379. The summed E-state index contributed by atoms with van der Waals surface area (Å²) in [5.74, 6) is -0.294. The average molecular weight is 264 g/mol. The van der Waals surface area contributed by atoms with Crippen molar-refractivity contribution in [3.63, 3.8) is 0 Å². The second-order valence-electron chi connectivity index (χ2n) is 5.30. The molecule has 0 radical (unpaired) electrons. The van der Waals surface area contributed by atoms with Crippen LogP contribution in [0.25, 0.3) is 0 Å². The van der Waals surface area contributed by atoms with Crippen LogP contribution in [0, 0.1) is 0 Å². The molecule has 1 saturated heterocycles. The van der Waals surface area contributed by atoms with Gasteiger partial charge in [-0.1, -0.05) is 0 Å². The minimum Gasteiger partial charge on any atom is -0.461 e. The summed E-state index contributed by atoms with van der Waals surface area (Å²) in [5.41, 5.74) is 2.66. The number of fused-ring (bicyclic) bond motifs is 1. The summed E-state index contributed by atoms with van der Waals surface area (Å²) in [4.78, 5) is 12.0. The lowest BCUT2D eigenvalue weighted by Gasteiger charge is -2.11. The molecule has 2 aliphatic rings. The number of aryl methyl sites for hydroxylation is 1. The molecule has 2 heterocycles. The van der Waals surface area contributed by atoms with Gasteiger partial charge >= 0.3 is 5.97 Å². The molecule has 19 heavy (non-hydrogen) atoms. The fraction of sp³-hybridized carbons (Fsp3) is 0.714. The average Bonchev–Trinajstić information content (AvgIpc) is 3.07. The molecule has 1 N–H and O–H groups in total. The maximum absolute atomic E-state index is 12.0. The third-order valence-electron chi connectivity index (χ3n) is 3.95. The van der Waals surface area contributed by atoms with Crippen LogP contribution >= 0.6 is 0 Å². The second-order valence-corrected chi connectivity index (χ2v) is 5.30. The van der Waals surface area contributed by atoms with Crippen LogP contribution in [0.1, 0.15) is 53.8 Å². The highest BCUT2D eigenvalue weighted by molar-refractivity contribution is 5.89. The summed E-state index contributed by atoms with van der Waals surface area (Å²) in [5, 5.41) is 7.08. The van der Waals surface area contributed by atoms with Gasteiger partial charge in [-0.2, -0.15) is 5.10 Å². The summed E-state index contributed by atoms with van der Waals surface area (Å²) in [6.45, 7) is 1.26. The molecule has 5 heteroatoms. The van der Waals surface area contributed by atoms with Gasteiger partial charge in [0.1, 0.15) is 0 Å². The van der Waals surface area contributed by atoms with E-state index in [1.165, 1.54) is 6.42 Å². The Morgan fingerprint density at radius 2 is 2.26 bits per heavy atom. The van der Waals surface area contributed by atoms with E-state index in [0.717, 1.165) is 56.4 Å². The van der Waals surface area contributed by atoms with E-state index in [2.05, 4.69) is 10.2 Å². The number of rotatable bonds is 4. The summed E-state index contributed by atoms with van der Waals surface area (Å²) < 4.78 is 10.8. The maximum Gasteiger partial charge on any atom is 0.359 e. The van der Waals surface area contributed by atoms with Crippen molar-refractivity contribution in [2.75, 3.05) is 13.2 Å². The molecule has 1 aliphatic heterocycles. The van der Waals surface area contributed by atoms with E-state index in [1.54, 1.807) is 0 Å². The van der Waals surface area contributed by atoms with E-state index in [9.17, 15) is 4.79 Å². The van der Waals surface area contributed by atoms with Gasteiger partial charge in [-0.05, 0) is 38.5 Å². The van der Waals surface area contributed by atoms with Crippen LogP contribution < -0.4 is 0 Å². The Hall–Kier alpha value is -1.36. The molecule has 1 aromatic rings. The molecule has 104 valence electrons. The van der Waals surface area contributed by atoms with Gasteiger partial charge in [0.2, 0.25) is 0 Å². The third kappa shape index (κ3) is 2.81. The Balaban J connectivity index is 1.53. The summed E-state index contributed by atoms with van der Waals surface area (Å²) >= 11 is 0. The molecule has 1 fully saturated rings. The largest absolute Gasteiger partial charge is 0.461 e. The highest BCUT2D eigenvalue weighted by Crippen LogP contribution is 2.22. The van der Waals surface area contributed by atoms with E-state index in [4.69, 9.17) is 9.47 Å². The first-order chi connectivity index (χ1) is 9.34. The van der Waals surface area contributed by atoms with Crippen LogP contribution in [0.2, 0.25) is 0 Å². The van der Waals surface area contributed by atoms with Crippen LogP contribution in [0.15, 0.2) is 0 Å². The van der Waals surface area contributed by atoms with Crippen molar-refractivity contribution in [2.24, 2.45) is 0 Å². The van der Waals surface area contributed by atoms with E-state index in [-0.39, 0.29) is 12.1 Å². The van der Waals surface area contributed by atoms with Crippen molar-refractivity contribution in [1.29, 1.82) is 0 Å². The number of aromatic nitrogens is 2. The highest BCUT2D eigenvalue weighted by atomic mass is 16.5. The van der Waals surface area contributed by atoms with Crippen molar-refractivity contribution in [1.82, 2.24) is 10.2 Å². The number of H-pyrrole nitrogens is 1. The molecular weight excluding hydrogens is 244 g/mol. The highest BCUT2D eigenvalue weighted by Gasteiger charge is 2.23. The minimum absolute atomic E-state index is 0.265. The van der Waals surface area contributed by atoms with Gasteiger partial charge in [0.25, 0.3) is 0 Å². The monoisotopic (exact) mass is 264 g/mol. The number of esters is 1. The number of hydrogen-bond donors (Lipinski definition) is 1. The van der Waals surface area contributed by atoms with E-state index in [0.29, 0.717) is 12.3 Å². The predicted molar refractivity (Wildman–Crippen MR) is 69.1 cm³/mol. The Kier molecular flexibility index (Phi) is 3.82. The molecule has 0 spiro atoms. The molecule has 0 saturated carbocycles. The zero-order valence-corrected chi connectivity index (χ0v) is 11.1. The standard InChI is InChI=1S/C14H20N2O3/c17-14(19-9-7-10-4-3-8-18-10)13-11-5-1-2-6-12(11)15-16-13/h10H,1-9H2,(H,15,16)/t10-/m1/s1. The zero-order valence-electron chi connectivity index (χ0n) is 11.1. The van der Waals surface area contributed by atoms with E-state index in [1.807, 2.05) is 0 Å². The van der Waals surface area contributed by atoms with Gasteiger partial charge in [0.05, 0.1) is 12.7 Å². The van der Waals surface area contributed by atoms with Crippen molar-refractivity contribution >= 4 is 5.97 Å². The van der Waals surface area contributed by atoms with Gasteiger partial charge in [-0.3, -0.25) is 5.10 Å². The molecule has 5 nitrogen and oxygen atoms in total. The SMILES string of the molecule is O=C(OCC[C@H]1CCCO1)c1n[nH]c2c1CCCC2. The smallest absolute Gasteiger partial charge is 0.359 e. The zero-order chi connectivity index (χ0) is 13.1. The van der Waals surface area contributed by atoms with Gasteiger partial charge < -0.3 is 9.47 Å². The number of aromatic amines is 1. The van der Waals surface area contributed by atoms with Crippen LogP contribution in [0.5, 0.6) is 0 Å². The minimum atomic E-state index is -0.294. The number of nitrogens with one attached hydrogen (secondary N) is 1. The number of carbonyl (C=O) groups excluding carboxylic acids is 1. The predicted octanol–water partition coefficient (Wildman–Crippen LogP) is 2.01. The van der Waals surface area contributed by atoms with Crippen LogP contribution in [0.3, 0.4) is 0 Å². The quantitative estimate of drug-likeness (QED) is 0.845. The van der Waals surface area contributed by atoms with Crippen LogP contribution in [-0.2, 0) is 22.3 Å². The summed E-state index contributed by atoms with van der Waals surface area (Å²) in [6.07, 6.45) is 7.47. The normalized spacial score (nSPS) is 22.2. The molecule has 1 atom stereocenters. The topological polar surface area (TPSA) is 64.2 Å². The van der Waals surface area contributed by atoms with Gasteiger partial charge in [0.15, 0.2) is 5.69 Å². The summed E-state index contributed by atoms with van der Waals surface area (Å²) in [6, 6.07) is 0. The Bertz CT molecular complexity index is 450. The second kappa shape index (κ2) is 5.74. The summed E-state index contributed by atoms with van der Waals surface area (Å²) in [7, 11) is 0. The maximum atomic E-state index is 12.0. The molecule has 1 aromatic heterocycles. The molecule has 0 unspecified atom stereocenters. The van der Waals surface area contributed by atoms with Crippen molar-refractivity contribution in [2.45, 2.75) is 51.0 Å². The van der Waals surface area contributed by atoms with Gasteiger partial charge in [-0.15, -0.1) is 0 Å².